The summed E-state index contributed by atoms with van der Waals surface area (Å²) in [5, 5.41) is 19.1. The van der Waals surface area contributed by atoms with Crippen molar-refractivity contribution in [2.24, 2.45) is 0 Å². The van der Waals surface area contributed by atoms with Crippen molar-refractivity contribution in [3.05, 3.63) is 23.8 Å². The summed E-state index contributed by atoms with van der Waals surface area (Å²) < 4.78 is 5.20. The number of ether oxygens (including phenoxy) is 1. The highest BCUT2D eigenvalue weighted by atomic mass is 16.5. The number of benzene rings is 1. The molecule has 0 spiro atoms. The van der Waals surface area contributed by atoms with Crippen molar-refractivity contribution in [3.8, 4) is 11.5 Å². The number of piperazine rings is 1. The highest BCUT2D eigenvalue weighted by molar-refractivity contribution is 5.39. The number of phenolic OH excluding ortho intramolecular Hbond substituents is 1. The minimum absolute atomic E-state index is 0.216. The predicted octanol–water partition coefficient (Wildman–Crippen LogP) is 0.899. The number of aliphatic hydroxyl groups is 1. The van der Waals surface area contributed by atoms with Gasteiger partial charge in [0.05, 0.1) is 7.11 Å². The minimum Gasteiger partial charge on any atom is -0.508 e. The number of aliphatic hydroxyl groups excluding tert-OH is 1. The van der Waals surface area contributed by atoms with E-state index in [0.29, 0.717) is 18.3 Å². The van der Waals surface area contributed by atoms with Crippen molar-refractivity contribution in [1.82, 2.24) is 9.80 Å². The smallest absolute Gasteiger partial charge is 0.120 e. The quantitative estimate of drug-likeness (QED) is 0.839. The summed E-state index contributed by atoms with van der Waals surface area (Å²) in [5.74, 6) is 1.07. The molecule has 5 nitrogen and oxygen atoms in total. The molecule has 2 N–H and O–H groups in total. The molecule has 1 heterocycles. The number of nitrogens with zero attached hydrogens (tertiary/aromatic N) is 2. The lowest BCUT2D eigenvalue weighted by molar-refractivity contribution is 0.0738. The van der Waals surface area contributed by atoms with Crippen molar-refractivity contribution >= 4 is 0 Å². The van der Waals surface area contributed by atoms with Crippen LogP contribution in [0.15, 0.2) is 18.2 Å². The second-order valence-corrected chi connectivity index (χ2v) is 5.38. The Morgan fingerprint density at radius 1 is 1.35 bits per heavy atom. The molecule has 1 aromatic rings. The molecule has 0 aromatic heterocycles. The van der Waals surface area contributed by atoms with Gasteiger partial charge in [0.1, 0.15) is 11.5 Å². The normalized spacial score (nSPS) is 21.1. The average molecular weight is 280 g/mol. The van der Waals surface area contributed by atoms with E-state index in [0.717, 1.165) is 37.4 Å². The third-order valence-electron chi connectivity index (χ3n) is 4.00. The zero-order valence-corrected chi connectivity index (χ0v) is 12.2. The van der Waals surface area contributed by atoms with E-state index < -0.39 is 0 Å². The summed E-state index contributed by atoms with van der Waals surface area (Å²) in [4.78, 5) is 4.60. The molecule has 0 radical (unpaired) electrons. The number of hydrogen-bond acceptors (Lipinski definition) is 5. The van der Waals surface area contributed by atoms with Gasteiger partial charge in [-0.2, -0.15) is 0 Å². The molecule has 1 unspecified atom stereocenters. The first-order valence-corrected chi connectivity index (χ1v) is 7.03. The molecule has 5 heteroatoms. The topological polar surface area (TPSA) is 56.2 Å². The Bertz CT molecular complexity index is 439. The standard InChI is InChI=1S/C15H24N2O3/c1-16-6-7-17(11-13(16)5-8-18)10-12-9-14(20-2)3-4-15(12)19/h3-4,9,13,18-19H,5-8,10-11H2,1-2H3. The maximum atomic E-state index is 9.95. The van der Waals surface area contributed by atoms with E-state index in [1.807, 2.05) is 6.07 Å². The van der Waals surface area contributed by atoms with E-state index in [4.69, 9.17) is 9.84 Å². The average Bonchev–Trinajstić information content (AvgIpc) is 2.45. The Morgan fingerprint density at radius 2 is 2.15 bits per heavy atom. The van der Waals surface area contributed by atoms with Crippen LogP contribution in [0.5, 0.6) is 11.5 Å². The first-order valence-electron chi connectivity index (χ1n) is 7.03. The Kier molecular flexibility index (Phi) is 5.23. The zero-order chi connectivity index (χ0) is 14.5. The van der Waals surface area contributed by atoms with Crippen LogP contribution in [0.25, 0.3) is 0 Å². The van der Waals surface area contributed by atoms with Gasteiger partial charge in [0, 0.05) is 44.4 Å². The van der Waals surface area contributed by atoms with Crippen LogP contribution >= 0.6 is 0 Å². The molecule has 1 aromatic carbocycles. The van der Waals surface area contributed by atoms with Crippen LogP contribution < -0.4 is 4.74 Å². The lowest BCUT2D eigenvalue weighted by atomic mass is 10.1. The molecule has 0 bridgehead atoms. The maximum absolute atomic E-state index is 9.95. The van der Waals surface area contributed by atoms with E-state index >= 15 is 0 Å². The van der Waals surface area contributed by atoms with E-state index in [1.54, 1.807) is 19.2 Å². The SMILES string of the molecule is COc1ccc(O)c(CN2CCN(C)C(CCO)C2)c1. The Labute approximate surface area is 120 Å². The summed E-state index contributed by atoms with van der Waals surface area (Å²) in [7, 11) is 3.73. The number of phenols is 1. The lowest BCUT2D eigenvalue weighted by Gasteiger charge is -2.39. The van der Waals surface area contributed by atoms with Gasteiger partial charge in [0.2, 0.25) is 0 Å². The Hall–Kier alpha value is -1.30. The second-order valence-electron chi connectivity index (χ2n) is 5.38. The molecule has 0 aliphatic carbocycles. The van der Waals surface area contributed by atoms with Gasteiger partial charge in [-0.15, -0.1) is 0 Å². The van der Waals surface area contributed by atoms with E-state index in [-0.39, 0.29) is 6.61 Å². The second kappa shape index (κ2) is 6.92. The van der Waals surface area contributed by atoms with Crippen LogP contribution in [-0.4, -0.2) is 66.5 Å². The number of hydrogen-bond donors (Lipinski definition) is 2. The molecule has 1 aliphatic rings. The Balaban J connectivity index is 2.02. The van der Waals surface area contributed by atoms with Gasteiger partial charge in [-0.05, 0) is 31.7 Å². The summed E-state index contributed by atoms with van der Waals surface area (Å²) >= 11 is 0. The highest BCUT2D eigenvalue weighted by Crippen LogP contribution is 2.25. The predicted molar refractivity (Wildman–Crippen MR) is 78.1 cm³/mol. The molecule has 1 fully saturated rings. The number of aromatic hydroxyl groups is 1. The fourth-order valence-corrected chi connectivity index (χ4v) is 2.67. The van der Waals surface area contributed by atoms with Gasteiger partial charge >= 0.3 is 0 Å². The summed E-state index contributed by atoms with van der Waals surface area (Å²) in [6, 6.07) is 5.70. The van der Waals surface area contributed by atoms with Crippen LogP contribution in [0, 0.1) is 0 Å². The Morgan fingerprint density at radius 3 is 2.85 bits per heavy atom. The third kappa shape index (κ3) is 3.62. The van der Waals surface area contributed by atoms with Gasteiger partial charge in [-0.25, -0.2) is 0 Å². The molecule has 1 aliphatic heterocycles. The molecule has 0 amide bonds. The molecule has 0 saturated carbocycles. The molecular formula is C15H24N2O3. The fraction of sp³-hybridized carbons (Fsp3) is 0.600. The van der Waals surface area contributed by atoms with E-state index in [1.165, 1.54) is 0 Å². The van der Waals surface area contributed by atoms with Gasteiger partial charge in [0.15, 0.2) is 0 Å². The number of likely N-dealkylation sites (N-methyl/N-ethyl adjacent to an activating group) is 1. The summed E-state index contributed by atoms with van der Waals surface area (Å²) in [5.41, 5.74) is 0.886. The molecule has 2 rings (SSSR count). The van der Waals surface area contributed by atoms with Crippen LogP contribution in [0.3, 0.4) is 0 Å². The number of methoxy groups -OCH3 is 1. The van der Waals surface area contributed by atoms with E-state index in [9.17, 15) is 5.11 Å². The van der Waals surface area contributed by atoms with Crippen molar-refractivity contribution in [3.63, 3.8) is 0 Å². The van der Waals surface area contributed by atoms with Crippen LogP contribution in [0.1, 0.15) is 12.0 Å². The van der Waals surface area contributed by atoms with Crippen LogP contribution in [0.2, 0.25) is 0 Å². The molecule has 1 atom stereocenters. The van der Waals surface area contributed by atoms with Crippen molar-refractivity contribution < 1.29 is 14.9 Å². The van der Waals surface area contributed by atoms with Crippen molar-refractivity contribution in [2.75, 3.05) is 40.4 Å². The van der Waals surface area contributed by atoms with Gasteiger partial charge in [-0.1, -0.05) is 0 Å². The maximum Gasteiger partial charge on any atom is 0.120 e. The first kappa shape index (κ1) is 15.1. The van der Waals surface area contributed by atoms with Gasteiger partial charge in [0.25, 0.3) is 0 Å². The zero-order valence-electron chi connectivity index (χ0n) is 12.2. The fourth-order valence-electron chi connectivity index (χ4n) is 2.67. The van der Waals surface area contributed by atoms with Gasteiger partial charge in [-0.3, -0.25) is 4.90 Å². The molecule has 1 saturated heterocycles. The van der Waals surface area contributed by atoms with Crippen molar-refractivity contribution in [1.29, 1.82) is 0 Å². The molecule has 20 heavy (non-hydrogen) atoms. The lowest BCUT2D eigenvalue weighted by Crippen LogP contribution is -2.51. The number of rotatable bonds is 5. The summed E-state index contributed by atoms with van der Waals surface area (Å²) in [6.45, 7) is 3.78. The highest BCUT2D eigenvalue weighted by Gasteiger charge is 2.24. The first-order chi connectivity index (χ1) is 9.63. The van der Waals surface area contributed by atoms with Gasteiger partial charge < -0.3 is 19.8 Å². The summed E-state index contributed by atoms with van der Waals surface area (Å²) in [6.07, 6.45) is 0.789. The molecule has 112 valence electrons. The largest absolute Gasteiger partial charge is 0.508 e. The minimum atomic E-state index is 0.216. The van der Waals surface area contributed by atoms with E-state index in [2.05, 4.69) is 16.8 Å². The van der Waals surface area contributed by atoms with Crippen LogP contribution in [-0.2, 0) is 6.54 Å². The monoisotopic (exact) mass is 280 g/mol. The van der Waals surface area contributed by atoms with Crippen LogP contribution in [0.4, 0.5) is 0 Å². The van der Waals surface area contributed by atoms with Crippen molar-refractivity contribution in [2.45, 2.75) is 19.0 Å². The third-order valence-corrected chi connectivity index (χ3v) is 4.00. The molecular weight excluding hydrogens is 256 g/mol.